The van der Waals surface area contributed by atoms with Gasteiger partial charge in [0.1, 0.15) is 0 Å². The van der Waals surface area contributed by atoms with Crippen LogP contribution >= 0.6 is 23.2 Å². The van der Waals surface area contributed by atoms with Crippen LogP contribution in [0.2, 0.25) is 10.0 Å². The lowest BCUT2D eigenvalue weighted by atomic mass is 9.91. The van der Waals surface area contributed by atoms with Crippen molar-refractivity contribution in [1.82, 2.24) is 5.32 Å². The second-order valence-corrected chi connectivity index (χ2v) is 6.61. The molecule has 1 aromatic rings. The van der Waals surface area contributed by atoms with E-state index in [2.05, 4.69) is 25.2 Å². The number of benzene rings is 1. The number of hydrogen-bond acceptors (Lipinski definition) is 1. The summed E-state index contributed by atoms with van der Waals surface area (Å²) >= 11 is 12.1. The highest BCUT2D eigenvalue weighted by molar-refractivity contribution is 6.42. The van der Waals surface area contributed by atoms with Crippen LogP contribution < -0.4 is 5.32 Å². The minimum absolute atomic E-state index is 0.562. The average Bonchev–Trinajstić information content (AvgIpc) is 2.80. The van der Waals surface area contributed by atoms with Gasteiger partial charge in [0.05, 0.1) is 10.0 Å². The molecule has 3 atom stereocenters. The van der Waals surface area contributed by atoms with E-state index >= 15 is 0 Å². The largest absolute Gasteiger partial charge is 0.314 e. The van der Waals surface area contributed by atoms with E-state index in [1.54, 1.807) is 0 Å². The Labute approximate surface area is 126 Å². The number of halogens is 2. The highest BCUT2D eigenvalue weighted by atomic mass is 35.5. The van der Waals surface area contributed by atoms with Gasteiger partial charge in [-0.05, 0) is 55.3 Å². The van der Waals surface area contributed by atoms with Crippen molar-refractivity contribution in [2.24, 2.45) is 11.8 Å². The monoisotopic (exact) mass is 299 g/mol. The number of likely N-dealkylation sites (N-methyl/N-ethyl adjacent to an activating group) is 1. The van der Waals surface area contributed by atoms with Gasteiger partial charge in [-0.15, -0.1) is 0 Å². The van der Waals surface area contributed by atoms with E-state index in [1.807, 2.05) is 12.1 Å². The second-order valence-electron chi connectivity index (χ2n) is 5.80. The summed E-state index contributed by atoms with van der Waals surface area (Å²) in [5.41, 5.74) is 1.28. The number of rotatable bonds is 5. The van der Waals surface area contributed by atoms with Crippen LogP contribution in [0.15, 0.2) is 18.2 Å². The zero-order valence-electron chi connectivity index (χ0n) is 11.8. The third-order valence-corrected chi connectivity index (χ3v) is 4.95. The van der Waals surface area contributed by atoms with Crippen molar-refractivity contribution in [3.8, 4) is 0 Å². The highest BCUT2D eigenvalue weighted by Crippen LogP contribution is 2.34. The Hall–Kier alpha value is -0.240. The molecule has 0 saturated heterocycles. The van der Waals surface area contributed by atoms with E-state index in [0.29, 0.717) is 16.1 Å². The summed E-state index contributed by atoms with van der Waals surface area (Å²) in [5, 5.41) is 4.95. The number of hydrogen-bond donors (Lipinski definition) is 1. The summed E-state index contributed by atoms with van der Waals surface area (Å²) in [6, 6.07) is 6.57. The van der Waals surface area contributed by atoms with E-state index in [1.165, 1.54) is 24.8 Å². The third kappa shape index (κ3) is 4.11. The predicted molar refractivity (Wildman–Crippen MR) is 84.1 cm³/mol. The van der Waals surface area contributed by atoms with E-state index in [4.69, 9.17) is 23.2 Å². The van der Waals surface area contributed by atoms with Crippen LogP contribution in [0.5, 0.6) is 0 Å². The van der Waals surface area contributed by atoms with Crippen LogP contribution in [0, 0.1) is 11.8 Å². The molecule has 0 heterocycles. The Morgan fingerprint density at radius 2 is 2.05 bits per heavy atom. The lowest BCUT2D eigenvalue weighted by Gasteiger charge is -2.25. The van der Waals surface area contributed by atoms with Crippen molar-refractivity contribution in [2.75, 3.05) is 6.54 Å². The van der Waals surface area contributed by atoms with Gasteiger partial charge >= 0.3 is 0 Å². The predicted octanol–water partition coefficient (Wildman–Crippen LogP) is 4.95. The minimum Gasteiger partial charge on any atom is -0.314 e. The quantitative estimate of drug-likeness (QED) is 0.811. The van der Waals surface area contributed by atoms with Gasteiger partial charge < -0.3 is 5.32 Å². The van der Waals surface area contributed by atoms with Crippen LogP contribution in [0.1, 0.15) is 38.7 Å². The summed E-state index contributed by atoms with van der Waals surface area (Å²) in [5.74, 6) is 1.67. The first-order valence-corrected chi connectivity index (χ1v) is 8.03. The molecular formula is C16H23Cl2N. The molecule has 19 heavy (non-hydrogen) atoms. The van der Waals surface area contributed by atoms with Gasteiger partial charge in [-0.1, -0.05) is 49.5 Å². The molecule has 106 valence electrons. The standard InChI is InChI=1S/C16H23Cl2N/c1-3-19-16(13-6-4-11(2)8-13)10-12-5-7-14(17)15(18)9-12/h5,7,9,11,13,16,19H,3-4,6,8,10H2,1-2H3. The molecule has 0 bridgehead atoms. The van der Waals surface area contributed by atoms with Crippen molar-refractivity contribution in [3.05, 3.63) is 33.8 Å². The molecule has 0 spiro atoms. The summed E-state index contributed by atoms with van der Waals surface area (Å²) in [7, 11) is 0. The molecule has 0 radical (unpaired) electrons. The van der Waals surface area contributed by atoms with Gasteiger partial charge in [0.2, 0.25) is 0 Å². The van der Waals surface area contributed by atoms with E-state index in [9.17, 15) is 0 Å². The third-order valence-electron chi connectivity index (χ3n) is 4.21. The van der Waals surface area contributed by atoms with Gasteiger partial charge in [-0.3, -0.25) is 0 Å². The van der Waals surface area contributed by atoms with Gasteiger partial charge in [-0.2, -0.15) is 0 Å². The molecule has 2 rings (SSSR count). The van der Waals surface area contributed by atoms with Gasteiger partial charge in [0, 0.05) is 6.04 Å². The first-order valence-electron chi connectivity index (χ1n) is 7.27. The van der Waals surface area contributed by atoms with Crippen LogP contribution in [-0.4, -0.2) is 12.6 Å². The Morgan fingerprint density at radius 1 is 1.26 bits per heavy atom. The first kappa shape index (κ1) is 15.2. The fourth-order valence-corrected chi connectivity index (χ4v) is 3.53. The van der Waals surface area contributed by atoms with E-state index < -0.39 is 0 Å². The maximum atomic E-state index is 6.10. The lowest BCUT2D eigenvalue weighted by Crippen LogP contribution is -2.37. The molecule has 1 nitrogen and oxygen atoms in total. The Morgan fingerprint density at radius 3 is 2.63 bits per heavy atom. The average molecular weight is 300 g/mol. The van der Waals surface area contributed by atoms with Crippen LogP contribution in [0.25, 0.3) is 0 Å². The molecular weight excluding hydrogens is 277 g/mol. The highest BCUT2D eigenvalue weighted by Gasteiger charge is 2.28. The number of nitrogens with one attached hydrogen (secondary N) is 1. The molecule has 1 fully saturated rings. The first-order chi connectivity index (χ1) is 9.10. The minimum atomic E-state index is 0.562. The molecule has 0 aromatic heterocycles. The normalized spacial score (nSPS) is 24.6. The second kappa shape index (κ2) is 6.97. The topological polar surface area (TPSA) is 12.0 Å². The SMILES string of the molecule is CCNC(Cc1ccc(Cl)c(Cl)c1)C1CCC(C)C1. The fraction of sp³-hybridized carbons (Fsp3) is 0.625. The van der Waals surface area contributed by atoms with Crippen LogP contribution in [0.3, 0.4) is 0 Å². The zero-order valence-corrected chi connectivity index (χ0v) is 13.3. The summed E-state index contributed by atoms with van der Waals surface area (Å²) in [6.07, 6.45) is 5.11. The molecule has 0 amide bonds. The van der Waals surface area contributed by atoms with Crippen molar-refractivity contribution < 1.29 is 0 Å². The summed E-state index contributed by atoms with van der Waals surface area (Å²) in [4.78, 5) is 0. The van der Waals surface area contributed by atoms with Crippen molar-refractivity contribution in [2.45, 2.75) is 45.6 Å². The molecule has 1 saturated carbocycles. The summed E-state index contributed by atoms with van der Waals surface area (Å²) < 4.78 is 0. The molecule has 1 aliphatic carbocycles. The van der Waals surface area contributed by atoms with E-state index in [0.717, 1.165) is 24.8 Å². The zero-order chi connectivity index (χ0) is 13.8. The van der Waals surface area contributed by atoms with Crippen molar-refractivity contribution in [1.29, 1.82) is 0 Å². The van der Waals surface area contributed by atoms with Crippen molar-refractivity contribution in [3.63, 3.8) is 0 Å². The lowest BCUT2D eigenvalue weighted by molar-refractivity contribution is 0.354. The van der Waals surface area contributed by atoms with Gasteiger partial charge in [-0.25, -0.2) is 0 Å². The maximum Gasteiger partial charge on any atom is 0.0595 e. The van der Waals surface area contributed by atoms with Crippen molar-refractivity contribution >= 4 is 23.2 Å². The molecule has 1 aliphatic rings. The molecule has 1 aromatic carbocycles. The Kier molecular flexibility index (Phi) is 5.56. The van der Waals surface area contributed by atoms with Gasteiger partial charge in [0.15, 0.2) is 0 Å². The molecule has 1 N–H and O–H groups in total. The molecule has 3 heteroatoms. The Balaban J connectivity index is 2.05. The summed E-state index contributed by atoms with van der Waals surface area (Å²) in [6.45, 7) is 5.57. The van der Waals surface area contributed by atoms with Gasteiger partial charge in [0.25, 0.3) is 0 Å². The Bertz CT molecular complexity index is 419. The van der Waals surface area contributed by atoms with E-state index in [-0.39, 0.29) is 0 Å². The maximum absolute atomic E-state index is 6.10. The van der Waals surface area contributed by atoms with Crippen LogP contribution in [-0.2, 0) is 6.42 Å². The van der Waals surface area contributed by atoms with Crippen LogP contribution in [0.4, 0.5) is 0 Å². The molecule has 3 unspecified atom stereocenters. The smallest absolute Gasteiger partial charge is 0.0595 e. The molecule has 0 aliphatic heterocycles. The fourth-order valence-electron chi connectivity index (χ4n) is 3.20.